The van der Waals surface area contributed by atoms with E-state index in [4.69, 9.17) is 0 Å². The number of carbonyl (C=O) groups excluding carboxylic acids is 1. The number of hydrogen-bond donors (Lipinski definition) is 2. The van der Waals surface area contributed by atoms with Crippen molar-refractivity contribution in [2.24, 2.45) is 0 Å². The first kappa shape index (κ1) is 14.8. The van der Waals surface area contributed by atoms with Crippen LogP contribution in [0.2, 0.25) is 0 Å². The molecule has 1 aliphatic heterocycles. The first-order chi connectivity index (χ1) is 9.35. The van der Waals surface area contributed by atoms with E-state index in [1.807, 2.05) is 0 Å². The van der Waals surface area contributed by atoms with Crippen molar-refractivity contribution in [3.05, 3.63) is 29.8 Å². The molecule has 1 amide bonds. The van der Waals surface area contributed by atoms with Gasteiger partial charge in [-0.1, -0.05) is 0 Å². The van der Waals surface area contributed by atoms with E-state index in [0.29, 0.717) is 37.2 Å². The van der Waals surface area contributed by atoms with E-state index in [1.165, 1.54) is 0 Å². The van der Waals surface area contributed by atoms with Crippen LogP contribution >= 0.6 is 0 Å². The summed E-state index contributed by atoms with van der Waals surface area (Å²) in [7, 11) is -3.31. The minimum atomic E-state index is -3.31. The molecule has 0 aliphatic carbocycles. The molecular weight excluding hydrogens is 280 g/mol. The lowest BCUT2D eigenvalue weighted by Crippen LogP contribution is -2.40. The molecule has 0 radical (unpaired) electrons. The highest BCUT2D eigenvalue weighted by Crippen LogP contribution is 2.16. The van der Waals surface area contributed by atoms with Gasteiger partial charge >= 0.3 is 0 Å². The fourth-order valence-corrected chi connectivity index (χ4v) is 2.71. The zero-order chi connectivity index (χ0) is 14.8. The summed E-state index contributed by atoms with van der Waals surface area (Å²) >= 11 is 0. The SMILES string of the molecule is CS(=O)(=O)Nc1ccc(C(=O)N2CCC(O)CC2)cc1. The molecule has 0 unspecified atom stereocenters. The summed E-state index contributed by atoms with van der Waals surface area (Å²) in [5, 5.41) is 9.42. The Kier molecular flexibility index (Phi) is 4.29. The summed E-state index contributed by atoms with van der Waals surface area (Å²) in [6, 6.07) is 6.32. The molecule has 1 aliphatic rings. The summed E-state index contributed by atoms with van der Waals surface area (Å²) in [5.74, 6) is -0.0946. The van der Waals surface area contributed by atoms with Gasteiger partial charge in [-0.3, -0.25) is 9.52 Å². The molecule has 20 heavy (non-hydrogen) atoms. The van der Waals surface area contributed by atoms with E-state index in [2.05, 4.69) is 4.72 Å². The Hall–Kier alpha value is -1.60. The number of nitrogens with zero attached hydrogens (tertiary/aromatic N) is 1. The maximum atomic E-state index is 12.2. The number of anilines is 1. The van der Waals surface area contributed by atoms with Crippen LogP contribution in [0.15, 0.2) is 24.3 Å². The van der Waals surface area contributed by atoms with Gasteiger partial charge in [0.05, 0.1) is 12.4 Å². The average molecular weight is 298 g/mol. The normalized spacial score (nSPS) is 17.0. The predicted molar refractivity (Wildman–Crippen MR) is 76.1 cm³/mol. The Balaban J connectivity index is 2.04. The van der Waals surface area contributed by atoms with Gasteiger partial charge in [0.15, 0.2) is 0 Å². The van der Waals surface area contributed by atoms with Crippen molar-refractivity contribution in [2.75, 3.05) is 24.1 Å². The van der Waals surface area contributed by atoms with E-state index in [-0.39, 0.29) is 12.0 Å². The number of benzene rings is 1. The topological polar surface area (TPSA) is 86.7 Å². The minimum absolute atomic E-state index is 0.0946. The molecule has 1 heterocycles. The van der Waals surface area contributed by atoms with E-state index >= 15 is 0 Å². The van der Waals surface area contributed by atoms with Crippen molar-refractivity contribution >= 4 is 21.6 Å². The number of aliphatic hydroxyl groups is 1. The summed E-state index contributed by atoms with van der Waals surface area (Å²) in [6.07, 6.45) is 1.95. The maximum absolute atomic E-state index is 12.2. The molecule has 0 saturated carbocycles. The molecule has 0 bridgehead atoms. The van der Waals surface area contributed by atoms with Crippen LogP contribution in [0, 0.1) is 0 Å². The molecule has 0 spiro atoms. The van der Waals surface area contributed by atoms with Gasteiger partial charge in [-0.25, -0.2) is 8.42 Å². The number of sulfonamides is 1. The van der Waals surface area contributed by atoms with Crippen molar-refractivity contribution in [2.45, 2.75) is 18.9 Å². The Morgan fingerprint density at radius 1 is 1.25 bits per heavy atom. The van der Waals surface area contributed by atoms with Crippen LogP contribution in [0.4, 0.5) is 5.69 Å². The quantitative estimate of drug-likeness (QED) is 0.858. The van der Waals surface area contributed by atoms with Crippen LogP contribution in [0.1, 0.15) is 23.2 Å². The molecule has 0 aromatic heterocycles. The van der Waals surface area contributed by atoms with Gasteiger partial charge in [0, 0.05) is 24.3 Å². The number of rotatable bonds is 3. The molecule has 1 aromatic rings. The van der Waals surface area contributed by atoms with Crippen molar-refractivity contribution < 1.29 is 18.3 Å². The Morgan fingerprint density at radius 3 is 2.30 bits per heavy atom. The van der Waals surface area contributed by atoms with Crippen molar-refractivity contribution in [3.8, 4) is 0 Å². The Bertz CT molecular complexity index is 575. The van der Waals surface area contributed by atoms with Crippen LogP contribution in [0.5, 0.6) is 0 Å². The molecule has 1 aromatic carbocycles. The van der Waals surface area contributed by atoms with Gasteiger partial charge < -0.3 is 10.0 Å². The van der Waals surface area contributed by atoms with Crippen LogP contribution in [0.3, 0.4) is 0 Å². The van der Waals surface area contributed by atoms with Crippen LogP contribution in [-0.2, 0) is 10.0 Å². The second-order valence-corrected chi connectivity index (χ2v) is 6.72. The third kappa shape index (κ3) is 3.94. The van der Waals surface area contributed by atoms with Gasteiger partial charge in [-0.2, -0.15) is 0 Å². The largest absolute Gasteiger partial charge is 0.393 e. The highest BCUT2D eigenvalue weighted by molar-refractivity contribution is 7.92. The number of hydrogen-bond acceptors (Lipinski definition) is 4. The minimum Gasteiger partial charge on any atom is -0.393 e. The van der Waals surface area contributed by atoms with Gasteiger partial charge in [-0.05, 0) is 37.1 Å². The summed E-state index contributed by atoms with van der Waals surface area (Å²) < 4.78 is 24.5. The summed E-state index contributed by atoms with van der Waals surface area (Å²) in [5.41, 5.74) is 0.943. The van der Waals surface area contributed by atoms with Crippen LogP contribution < -0.4 is 4.72 Å². The number of nitrogens with one attached hydrogen (secondary N) is 1. The van der Waals surface area contributed by atoms with Crippen LogP contribution in [0.25, 0.3) is 0 Å². The van der Waals surface area contributed by atoms with E-state index < -0.39 is 10.0 Å². The third-order valence-corrected chi connectivity index (χ3v) is 3.79. The number of aliphatic hydroxyl groups excluding tert-OH is 1. The lowest BCUT2D eigenvalue weighted by molar-refractivity contribution is 0.0546. The fraction of sp³-hybridized carbons (Fsp3) is 0.462. The van der Waals surface area contributed by atoms with Crippen LogP contribution in [-0.4, -0.2) is 49.8 Å². The Labute approximate surface area is 118 Å². The standard InChI is InChI=1S/C13H18N2O4S/c1-20(18,19)14-11-4-2-10(3-5-11)13(17)15-8-6-12(16)7-9-15/h2-5,12,14,16H,6-9H2,1H3. The predicted octanol–water partition coefficient (Wildman–Crippen LogP) is 0.655. The second-order valence-electron chi connectivity index (χ2n) is 4.97. The number of amides is 1. The van der Waals surface area contributed by atoms with E-state index in [0.717, 1.165) is 6.26 Å². The smallest absolute Gasteiger partial charge is 0.253 e. The molecule has 7 heteroatoms. The zero-order valence-electron chi connectivity index (χ0n) is 11.2. The molecule has 0 atom stereocenters. The lowest BCUT2D eigenvalue weighted by atomic mass is 10.1. The molecular formula is C13H18N2O4S. The molecule has 6 nitrogen and oxygen atoms in total. The fourth-order valence-electron chi connectivity index (χ4n) is 2.15. The number of piperidine rings is 1. The van der Waals surface area contributed by atoms with Gasteiger partial charge in [0.1, 0.15) is 0 Å². The molecule has 110 valence electrons. The van der Waals surface area contributed by atoms with Gasteiger partial charge in [0.2, 0.25) is 10.0 Å². The molecule has 2 N–H and O–H groups in total. The lowest BCUT2D eigenvalue weighted by Gasteiger charge is -2.29. The van der Waals surface area contributed by atoms with Gasteiger partial charge in [0.25, 0.3) is 5.91 Å². The first-order valence-corrected chi connectivity index (χ1v) is 8.29. The average Bonchev–Trinajstić information content (AvgIpc) is 2.38. The number of likely N-dealkylation sites (tertiary alicyclic amines) is 1. The Morgan fingerprint density at radius 2 is 1.80 bits per heavy atom. The highest BCUT2D eigenvalue weighted by Gasteiger charge is 2.22. The van der Waals surface area contributed by atoms with E-state index in [1.54, 1.807) is 29.2 Å². The number of carbonyl (C=O) groups is 1. The van der Waals surface area contributed by atoms with Crippen molar-refractivity contribution in [3.63, 3.8) is 0 Å². The first-order valence-electron chi connectivity index (χ1n) is 6.40. The van der Waals surface area contributed by atoms with E-state index in [9.17, 15) is 18.3 Å². The monoisotopic (exact) mass is 298 g/mol. The maximum Gasteiger partial charge on any atom is 0.253 e. The summed E-state index contributed by atoms with van der Waals surface area (Å²) in [4.78, 5) is 13.9. The van der Waals surface area contributed by atoms with Crippen molar-refractivity contribution in [1.82, 2.24) is 4.90 Å². The summed E-state index contributed by atoms with van der Waals surface area (Å²) in [6.45, 7) is 1.09. The third-order valence-electron chi connectivity index (χ3n) is 3.19. The molecule has 2 rings (SSSR count). The molecule has 1 fully saturated rings. The van der Waals surface area contributed by atoms with Gasteiger partial charge in [-0.15, -0.1) is 0 Å². The highest BCUT2D eigenvalue weighted by atomic mass is 32.2. The van der Waals surface area contributed by atoms with Crippen molar-refractivity contribution in [1.29, 1.82) is 0 Å². The molecule has 1 saturated heterocycles. The zero-order valence-corrected chi connectivity index (χ0v) is 12.1. The second kappa shape index (κ2) is 5.80.